The maximum Gasteiger partial charge on any atom is 0.243 e. The normalized spacial score (nSPS) is 13.5. The van der Waals surface area contributed by atoms with Crippen molar-refractivity contribution in [3.63, 3.8) is 0 Å². The van der Waals surface area contributed by atoms with Gasteiger partial charge in [-0.15, -0.1) is 10.2 Å². The lowest BCUT2D eigenvalue weighted by molar-refractivity contribution is -0.122. The Morgan fingerprint density at radius 3 is 2.54 bits per heavy atom. The highest BCUT2D eigenvalue weighted by Crippen LogP contribution is 2.37. The average Bonchev–Trinajstić information content (AvgIpc) is 3.32. The number of rotatable bonds is 7. The Balaban J connectivity index is 1.45. The fourth-order valence-corrected chi connectivity index (χ4v) is 3.67. The maximum atomic E-state index is 12.1. The van der Waals surface area contributed by atoms with Gasteiger partial charge >= 0.3 is 0 Å². The zero-order chi connectivity index (χ0) is 18.7. The van der Waals surface area contributed by atoms with E-state index >= 15 is 0 Å². The SMILES string of the molecule is Cc1cc(C)c(NC(=O)CNC(=O)CSc2nncn2C2CC2)c(C)c1. The number of aromatic nitrogens is 3. The molecule has 0 atom stereocenters. The quantitative estimate of drug-likeness (QED) is 0.728. The Morgan fingerprint density at radius 1 is 1.19 bits per heavy atom. The van der Waals surface area contributed by atoms with Crippen LogP contribution >= 0.6 is 11.8 Å². The number of amides is 2. The van der Waals surface area contributed by atoms with Crippen LogP contribution in [0.25, 0.3) is 0 Å². The largest absolute Gasteiger partial charge is 0.346 e. The van der Waals surface area contributed by atoms with E-state index in [1.54, 1.807) is 6.33 Å². The van der Waals surface area contributed by atoms with Crippen LogP contribution in [-0.2, 0) is 9.59 Å². The number of aryl methyl sites for hydroxylation is 3. The van der Waals surface area contributed by atoms with Crippen molar-refractivity contribution in [2.45, 2.75) is 44.8 Å². The summed E-state index contributed by atoms with van der Waals surface area (Å²) in [4.78, 5) is 24.1. The van der Waals surface area contributed by atoms with Crippen molar-refractivity contribution in [2.75, 3.05) is 17.6 Å². The minimum Gasteiger partial charge on any atom is -0.346 e. The van der Waals surface area contributed by atoms with Gasteiger partial charge in [0.15, 0.2) is 5.16 Å². The second-order valence-corrected chi connectivity index (χ2v) is 7.58. The number of benzene rings is 1. The van der Waals surface area contributed by atoms with Crippen molar-refractivity contribution >= 4 is 29.3 Å². The first-order valence-corrected chi connectivity index (χ1v) is 9.59. The molecule has 1 aromatic heterocycles. The minimum absolute atomic E-state index is 0.0541. The summed E-state index contributed by atoms with van der Waals surface area (Å²) in [5.41, 5.74) is 3.98. The number of carbonyl (C=O) groups is 2. The average molecular weight is 373 g/mol. The van der Waals surface area contributed by atoms with E-state index in [2.05, 4.69) is 20.8 Å². The van der Waals surface area contributed by atoms with Crippen molar-refractivity contribution < 1.29 is 9.59 Å². The van der Waals surface area contributed by atoms with Crippen molar-refractivity contribution in [1.29, 1.82) is 0 Å². The van der Waals surface area contributed by atoms with E-state index in [0.717, 1.165) is 40.4 Å². The molecule has 1 aliphatic rings. The number of thioether (sulfide) groups is 1. The van der Waals surface area contributed by atoms with Crippen LogP contribution in [0.5, 0.6) is 0 Å². The fraction of sp³-hybridized carbons (Fsp3) is 0.444. The van der Waals surface area contributed by atoms with Crippen LogP contribution in [0.4, 0.5) is 5.69 Å². The predicted molar refractivity (Wildman–Crippen MR) is 101 cm³/mol. The van der Waals surface area contributed by atoms with E-state index in [9.17, 15) is 9.59 Å². The van der Waals surface area contributed by atoms with Crippen LogP contribution in [-0.4, -0.2) is 38.9 Å². The van der Waals surface area contributed by atoms with Gasteiger partial charge in [-0.05, 0) is 44.7 Å². The molecular formula is C18H23N5O2S. The molecule has 0 aliphatic heterocycles. The number of nitrogens with zero attached hydrogens (tertiary/aromatic N) is 3. The van der Waals surface area contributed by atoms with Gasteiger partial charge in [-0.1, -0.05) is 29.5 Å². The monoisotopic (exact) mass is 373 g/mol. The van der Waals surface area contributed by atoms with Gasteiger partial charge in [0.2, 0.25) is 11.8 Å². The molecule has 0 spiro atoms. The molecule has 2 amide bonds. The molecule has 7 nitrogen and oxygen atoms in total. The molecule has 26 heavy (non-hydrogen) atoms. The summed E-state index contributed by atoms with van der Waals surface area (Å²) in [7, 11) is 0. The Labute approximate surface area is 157 Å². The van der Waals surface area contributed by atoms with E-state index in [0.29, 0.717) is 6.04 Å². The van der Waals surface area contributed by atoms with Crippen LogP contribution in [0, 0.1) is 20.8 Å². The first-order chi connectivity index (χ1) is 12.4. The van der Waals surface area contributed by atoms with Crippen LogP contribution in [0.3, 0.4) is 0 Å². The Kier molecular flexibility index (Phi) is 5.61. The number of anilines is 1. The fourth-order valence-electron chi connectivity index (χ4n) is 2.86. The first kappa shape index (κ1) is 18.4. The molecule has 0 bridgehead atoms. The van der Waals surface area contributed by atoms with Gasteiger partial charge in [0.05, 0.1) is 12.3 Å². The lowest BCUT2D eigenvalue weighted by atomic mass is 10.1. The van der Waals surface area contributed by atoms with Gasteiger partial charge in [-0.3, -0.25) is 9.59 Å². The molecule has 1 heterocycles. The molecule has 0 unspecified atom stereocenters. The van der Waals surface area contributed by atoms with Crippen molar-refractivity contribution in [1.82, 2.24) is 20.1 Å². The molecule has 2 N–H and O–H groups in total. The van der Waals surface area contributed by atoms with Crippen LogP contribution in [0.2, 0.25) is 0 Å². The van der Waals surface area contributed by atoms with Crippen LogP contribution in [0.1, 0.15) is 35.6 Å². The second kappa shape index (κ2) is 7.90. The standard InChI is InChI=1S/C18H23N5O2S/c1-11-6-12(2)17(13(3)7-11)21-15(24)8-19-16(25)9-26-18-22-20-10-23(18)14-4-5-14/h6-7,10,14H,4-5,8-9H2,1-3H3,(H,19,25)(H,21,24). The third-order valence-corrected chi connectivity index (χ3v) is 5.16. The maximum absolute atomic E-state index is 12.1. The Hall–Kier alpha value is -2.35. The van der Waals surface area contributed by atoms with Gasteiger partial charge in [0.1, 0.15) is 6.33 Å². The van der Waals surface area contributed by atoms with Gasteiger partial charge < -0.3 is 15.2 Å². The van der Waals surface area contributed by atoms with E-state index in [1.165, 1.54) is 11.8 Å². The highest BCUT2D eigenvalue weighted by molar-refractivity contribution is 7.99. The van der Waals surface area contributed by atoms with E-state index < -0.39 is 0 Å². The minimum atomic E-state index is -0.237. The summed E-state index contributed by atoms with van der Waals surface area (Å²) in [6, 6.07) is 4.52. The molecule has 1 saturated carbocycles. The zero-order valence-electron chi connectivity index (χ0n) is 15.2. The van der Waals surface area contributed by atoms with Crippen molar-refractivity contribution in [3.8, 4) is 0 Å². The number of carbonyl (C=O) groups excluding carboxylic acids is 2. The van der Waals surface area contributed by atoms with Gasteiger partial charge in [0.25, 0.3) is 0 Å². The third kappa shape index (κ3) is 4.63. The third-order valence-electron chi connectivity index (χ3n) is 4.20. The summed E-state index contributed by atoms with van der Waals surface area (Å²) < 4.78 is 2.01. The molecule has 1 fully saturated rings. The number of hydrogen-bond acceptors (Lipinski definition) is 5. The molecule has 3 rings (SSSR count). The Morgan fingerprint density at radius 2 is 1.88 bits per heavy atom. The number of nitrogens with one attached hydrogen (secondary N) is 2. The smallest absolute Gasteiger partial charge is 0.243 e. The van der Waals surface area contributed by atoms with Crippen molar-refractivity contribution in [3.05, 3.63) is 35.2 Å². The highest BCUT2D eigenvalue weighted by Gasteiger charge is 2.26. The topological polar surface area (TPSA) is 88.9 Å². The molecule has 1 aliphatic carbocycles. The highest BCUT2D eigenvalue weighted by atomic mass is 32.2. The van der Waals surface area contributed by atoms with Gasteiger partial charge in [-0.25, -0.2) is 0 Å². The van der Waals surface area contributed by atoms with Crippen LogP contribution in [0.15, 0.2) is 23.6 Å². The summed E-state index contributed by atoms with van der Waals surface area (Å²) >= 11 is 1.34. The Bertz CT molecular complexity index is 806. The second-order valence-electron chi connectivity index (χ2n) is 6.64. The molecule has 2 aromatic rings. The summed E-state index contributed by atoms with van der Waals surface area (Å²) in [5.74, 6) is -0.228. The van der Waals surface area contributed by atoms with E-state index in [4.69, 9.17) is 0 Å². The molecule has 1 aromatic carbocycles. The summed E-state index contributed by atoms with van der Waals surface area (Å²) in [6.45, 7) is 5.89. The van der Waals surface area contributed by atoms with E-state index in [-0.39, 0.29) is 24.1 Å². The van der Waals surface area contributed by atoms with E-state index in [1.807, 2.05) is 37.5 Å². The van der Waals surface area contributed by atoms with Gasteiger partial charge in [-0.2, -0.15) is 0 Å². The summed E-state index contributed by atoms with van der Waals surface area (Å²) in [5, 5.41) is 14.2. The predicted octanol–water partition coefficient (Wildman–Crippen LogP) is 2.39. The molecule has 8 heteroatoms. The lowest BCUT2D eigenvalue weighted by Crippen LogP contribution is -2.34. The molecular weight excluding hydrogens is 350 g/mol. The molecule has 0 saturated heterocycles. The summed E-state index contributed by atoms with van der Waals surface area (Å²) in [6.07, 6.45) is 3.98. The lowest BCUT2D eigenvalue weighted by Gasteiger charge is -2.13. The zero-order valence-corrected chi connectivity index (χ0v) is 16.0. The molecule has 138 valence electrons. The molecule has 0 radical (unpaired) electrons. The van der Waals surface area contributed by atoms with Gasteiger partial charge in [0, 0.05) is 11.7 Å². The van der Waals surface area contributed by atoms with Crippen molar-refractivity contribution in [2.24, 2.45) is 0 Å². The first-order valence-electron chi connectivity index (χ1n) is 8.60. The number of hydrogen-bond donors (Lipinski definition) is 2. The van der Waals surface area contributed by atoms with Crippen LogP contribution < -0.4 is 10.6 Å².